The summed E-state index contributed by atoms with van der Waals surface area (Å²) in [4.78, 5) is 16.8. The maximum Gasteiger partial charge on any atom is 0.338 e. The van der Waals surface area contributed by atoms with Gasteiger partial charge in [-0.15, -0.1) is 0 Å². The highest BCUT2D eigenvalue weighted by Crippen LogP contribution is 2.26. The lowest BCUT2D eigenvalue weighted by molar-refractivity contribution is 0.0599. The van der Waals surface area contributed by atoms with E-state index >= 15 is 0 Å². The number of rotatable bonds is 7. The van der Waals surface area contributed by atoms with Gasteiger partial charge in [0.1, 0.15) is 0 Å². The second kappa shape index (κ2) is 11.6. The van der Waals surface area contributed by atoms with Gasteiger partial charge in [0.2, 0.25) is 0 Å². The fourth-order valence-electron chi connectivity index (χ4n) is 4.13. The van der Waals surface area contributed by atoms with E-state index in [2.05, 4.69) is 54.6 Å². The van der Waals surface area contributed by atoms with Gasteiger partial charge in [0.25, 0.3) is 0 Å². The van der Waals surface area contributed by atoms with Crippen molar-refractivity contribution in [2.75, 3.05) is 7.11 Å². The summed E-state index contributed by atoms with van der Waals surface area (Å²) in [7, 11) is 1.42. The summed E-state index contributed by atoms with van der Waals surface area (Å²) in [5.41, 5.74) is 7.13. The molecular formula is C30H28ClNO2. The monoisotopic (exact) mass is 469 g/mol. The molecule has 172 valence electrons. The molecule has 4 rings (SSSR count). The Labute approximate surface area is 206 Å². The van der Waals surface area contributed by atoms with E-state index < -0.39 is 0 Å². The minimum Gasteiger partial charge on any atom is -0.465 e. The van der Waals surface area contributed by atoms with Gasteiger partial charge in [0.15, 0.2) is 0 Å². The number of carbonyl (C=O) groups excluding carboxylic acids is 1. The Morgan fingerprint density at radius 1 is 1.09 bits per heavy atom. The molecule has 4 heteroatoms. The van der Waals surface area contributed by atoms with Crippen LogP contribution in [0, 0.1) is 0 Å². The minimum atomic E-state index is -0.279. The van der Waals surface area contributed by atoms with Crippen LogP contribution in [0.4, 0.5) is 0 Å². The molecule has 0 atom stereocenters. The van der Waals surface area contributed by atoms with Crippen LogP contribution in [-0.2, 0) is 17.6 Å². The number of esters is 1. The van der Waals surface area contributed by atoms with Gasteiger partial charge in [-0.1, -0.05) is 78.4 Å². The highest BCUT2D eigenvalue weighted by Gasteiger charge is 2.11. The third-order valence-electron chi connectivity index (χ3n) is 5.89. The number of nitrogens with zero attached hydrogens (tertiary/aromatic N) is 1. The second-order valence-corrected chi connectivity index (χ2v) is 8.74. The zero-order valence-corrected chi connectivity index (χ0v) is 20.1. The summed E-state index contributed by atoms with van der Waals surface area (Å²) in [6.45, 7) is 0. The van der Waals surface area contributed by atoms with E-state index in [1.165, 1.54) is 18.2 Å². The topological polar surface area (TPSA) is 38.7 Å². The lowest BCUT2D eigenvalue weighted by atomic mass is 9.99. The van der Waals surface area contributed by atoms with Crippen LogP contribution in [0.1, 0.15) is 46.3 Å². The SMILES string of the molecule is COC(=O)c1ccccc1CCCc1cccc(/C=C/C2=NC3=CC(Cl)=CCC=C3CC=C2)c1. The van der Waals surface area contributed by atoms with E-state index in [9.17, 15) is 4.79 Å². The molecule has 2 aromatic carbocycles. The summed E-state index contributed by atoms with van der Waals surface area (Å²) in [6.07, 6.45) is 18.9. The first-order valence-electron chi connectivity index (χ1n) is 11.6. The van der Waals surface area contributed by atoms with Crippen LogP contribution >= 0.6 is 11.6 Å². The van der Waals surface area contributed by atoms with Crippen LogP contribution < -0.4 is 0 Å². The first-order chi connectivity index (χ1) is 16.6. The predicted octanol–water partition coefficient (Wildman–Crippen LogP) is 7.40. The molecule has 1 aliphatic heterocycles. The molecule has 0 radical (unpaired) electrons. The number of aliphatic imine (C=N–C) groups is 1. The smallest absolute Gasteiger partial charge is 0.338 e. The molecular weight excluding hydrogens is 442 g/mol. The highest BCUT2D eigenvalue weighted by molar-refractivity contribution is 6.31. The maximum atomic E-state index is 12.0. The van der Waals surface area contributed by atoms with Crippen molar-refractivity contribution in [2.24, 2.45) is 4.99 Å². The van der Waals surface area contributed by atoms with Gasteiger partial charge < -0.3 is 4.74 Å². The quantitative estimate of drug-likeness (QED) is 0.396. The van der Waals surface area contributed by atoms with Crippen LogP contribution in [0.2, 0.25) is 0 Å². The van der Waals surface area contributed by atoms with Crippen molar-refractivity contribution in [3.63, 3.8) is 0 Å². The number of halogens is 1. The first kappa shape index (κ1) is 23.7. The average molecular weight is 470 g/mol. The van der Waals surface area contributed by atoms with E-state index in [0.717, 1.165) is 59.7 Å². The molecule has 0 bridgehead atoms. The fourth-order valence-corrected chi connectivity index (χ4v) is 4.33. The fraction of sp³-hybridized carbons (Fsp3) is 0.200. The molecule has 0 N–H and O–H groups in total. The summed E-state index contributed by atoms with van der Waals surface area (Å²) in [6, 6.07) is 16.2. The third kappa shape index (κ3) is 6.33. The number of benzene rings is 2. The van der Waals surface area contributed by atoms with E-state index in [1.54, 1.807) is 0 Å². The number of fused-ring (bicyclic) bond motifs is 1. The Hall–Kier alpha value is -3.43. The van der Waals surface area contributed by atoms with Crippen molar-refractivity contribution in [3.8, 4) is 0 Å². The standard InChI is InChI=1S/C30H28ClNO2/c1-34-30(33)28-17-3-2-11-24(28)12-5-10-22-8-4-9-23(20-22)18-19-27-16-7-14-25-13-6-15-26(31)21-29(25)32-27/h2-4,7-9,11,13,15-21H,5-6,10,12,14H2,1H3/b19-18+. The van der Waals surface area contributed by atoms with E-state index in [-0.39, 0.29) is 5.97 Å². The maximum absolute atomic E-state index is 12.0. The second-order valence-electron chi connectivity index (χ2n) is 8.31. The molecule has 3 nitrogen and oxygen atoms in total. The van der Waals surface area contributed by atoms with Crippen LogP contribution in [0.15, 0.2) is 106 Å². The largest absolute Gasteiger partial charge is 0.465 e. The lowest BCUT2D eigenvalue weighted by Gasteiger charge is -2.08. The number of ether oxygens (including phenoxy) is 1. The summed E-state index contributed by atoms with van der Waals surface area (Å²) in [5, 5.41) is 0.733. The molecule has 0 spiro atoms. The van der Waals surface area contributed by atoms with Crippen molar-refractivity contribution in [2.45, 2.75) is 32.1 Å². The molecule has 0 unspecified atom stereocenters. The Bertz CT molecular complexity index is 1240. The summed E-state index contributed by atoms with van der Waals surface area (Å²) < 4.78 is 4.91. The third-order valence-corrected chi connectivity index (χ3v) is 6.15. The number of hydrogen-bond donors (Lipinski definition) is 0. The number of carbonyl (C=O) groups is 1. The van der Waals surface area contributed by atoms with Crippen molar-refractivity contribution in [1.29, 1.82) is 0 Å². The van der Waals surface area contributed by atoms with Crippen molar-refractivity contribution >= 4 is 29.4 Å². The van der Waals surface area contributed by atoms with Crippen LogP contribution in [0.5, 0.6) is 0 Å². The molecule has 34 heavy (non-hydrogen) atoms. The van der Waals surface area contributed by atoms with E-state index in [0.29, 0.717) is 5.56 Å². The van der Waals surface area contributed by atoms with E-state index in [4.69, 9.17) is 21.3 Å². The van der Waals surface area contributed by atoms with Gasteiger partial charge in [0.05, 0.1) is 24.1 Å². The average Bonchev–Trinajstić information content (AvgIpc) is 3.15. The molecule has 1 heterocycles. The molecule has 1 aliphatic carbocycles. The van der Waals surface area contributed by atoms with Crippen molar-refractivity contribution in [3.05, 3.63) is 124 Å². The predicted molar refractivity (Wildman–Crippen MR) is 141 cm³/mol. The Morgan fingerprint density at radius 2 is 1.97 bits per heavy atom. The van der Waals surface area contributed by atoms with Crippen LogP contribution in [0.25, 0.3) is 6.08 Å². The van der Waals surface area contributed by atoms with Gasteiger partial charge in [-0.3, -0.25) is 0 Å². The molecule has 2 aromatic rings. The molecule has 0 saturated heterocycles. The molecule has 0 aromatic heterocycles. The summed E-state index contributed by atoms with van der Waals surface area (Å²) >= 11 is 6.27. The Morgan fingerprint density at radius 3 is 2.85 bits per heavy atom. The van der Waals surface area contributed by atoms with Gasteiger partial charge in [0, 0.05) is 5.03 Å². The molecule has 0 saturated carbocycles. The first-order valence-corrected chi connectivity index (χ1v) is 12.0. The van der Waals surface area contributed by atoms with Crippen molar-refractivity contribution < 1.29 is 9.53 Å². The number of aryl methyl sites for hydroxylation is 2. The lowest BCUT2D eigenvalue weighted by Crippen LogP contribution is -2.05. The van der Waals surface area contributed by atoms with Crippen LogP contribution in [-0.4, -0.2) is 18.8 Å². The Balaban J connectivity index is 1.42. The van der Waals surface area contributed by atoms with Gasteiger partial charge >= 0.3 is 5.97 Å². The Kier molecular flexibility index (Phi) is 8.11. The van der Waals surface area contributed by atoms with Gasteiger partial charge in [-0.2, -0.15) is 0 Å². The zero-order valence-electron chi connectivity index (χ0n) is 19.3. The van der Waals surface area contributed by atoms with Gasteiger partial charge in [-0.05, 0) is 78.7 Å². The number of hydrogen-bond acceptors (Lipinski definition) is 3. The van der Waals surface area contributed by atoms with Gasteiger partial charge in [-0.25, -0.2) is 9.79 Å². The molecule has 0 amide bonds. The molecule has 2 aliphatic rings. The highest BCUT2D eigenvalue weighted by atomic mass is 35.5. The van der Waals surface area contributed by atoms with Crippen LogP contribution in [0.3, 0.4) is 0 Å². The zero-order chi connectivity index (χ0) is 23.8. The number of methoxy groups -OCH3 is 1. The summed E-state index contributed by atoms with van der Waals surface area (Å²) in [5.74, 6) is -0.279. The molecule has 0 fully saturated rings. The van der Waals surface area contributed by atoms with E-state index in [1.807, 2.05) is 36.4 Å². The minimum absolute atomic E-state index is 0.279. The normalized spacial score (nSPS) is 15.5. The van der Waals surface area contributed by atoms with Crippen molar-refractivity contribution in [1.82, 2.24) is 0 Å². The number of allylic oxidation sites excluding steroid dienone is 8.